The molecule has 1 aliphatic rings. The van der Waals surface area contributed by atoms with Crippen molar-refractivity contribution in [3.63, 3.8) is 0 Å². The number of amides is 1. The molecule has 1 amide bonds. The molecule has 0 saturated heterocycles. The first-order valence-corrected chi connectivity index (χ1v) is 5.58. The van der Waals surface area contributed by atoms with Crippen molar-refractivity contribution in [2.75, 3.05) is 0 Å². The molecular weight excluding hydrogens is 186 g/mol. The molecule has 0 aromatic heterocycles. The molecule has 2 unspecified atom stereocenters. The van der Waals surface area contributed by atoms with Gasteiger partial charge >= 0.3 is 0 Å². The number of rotatable bonds is 2. The summed E-state index contributed by atoms with van der Waals surface area (Å²) in [4.78, 5) is 10.9. The van der Waals surface area contributed by atoms with Crippen molar-refractivity contribution in [3.05, 3.63) is 35.9 Å². The van der Waals surface area contributed by atoms with E-state index in [4.69, 9.17) is 0 Å². The van der Waals surface area contributed by atoms with Crippen molar-refractivity contribution in [2.24, 2.45) is 0 Å². The van der Waals surface area contributed by atoms with E-state index in [9.17, 15) is 4.79 Å². The van der Waals surface area contributed by atoms with Crippen LogP contribution in [0.4, 0.5) is 0 Å². The molecule has 0 heterocycles. The number of nitrogens with one attached hydrogen (secondary N) is 1. The molecule has 80 valence electrons. The number of hydrogen-bond acceptors (Lipinski definition) is 1. The van der Waals surface area contributed by atoms with Crippen LogP contribution in [0.1, 0.15) is 37.7 Å². The summed E-state index contributed by atoms with van der Waals surface area (Å²) in [5.74, 6) is 0.719. The Morgan fingerprint density at radius 1 is 1.27 bits per heavy atom. The zero-order valence-electron chi connectivity index (χ0n) is 9.07. The van der Waals surface area contributed by atoms with Crippen LogP contribution in [0, 0.1) is 0 Å². The van der Waals surface area contributed by atoms with Crippen LogP contribution in [-0.4, -0.2) is 11.9 Å². The number of carbonyl (C=O) groups excluding carboxylic acids is 1. The van der Waals surface area contributed by atoms with E-state index in [1.807, 2.05) is 6.07 Å². The van der Waals surface area contributed by atoms with Crippen LogP contribution in [0.3, 0.4) is 0 Å². The maximum absolute atomic E-state index is 10.9. The van der Waals surface area contributed by atoms with Gasteiger partial charge in [-0.15, -0.1) is 0 Å². The molecule has 2 atom stereocenters. The van der Waals surface area contributed by atoms with Crippen LogP contribution in [0.15, 0.2) is 30.3 Å². The fourth-order valence-electron chi connectivity index (χ4n) is 2.43. The van der Waals surface area contributed by atoms with Gasteiger partial charge in [0.15, 0.2) is 0 Å². The fraction of sp³-hybridized carbons (Fsp3) is 0.462. The molecule has 0 radical (unpaired) electrons. The minimum atomic E-state index is 0.0914. The largest absolute Gasteiger partial charge is 0.354 e. The molecule has 2 rings (SSSR count). The highest BCUT2D eigenvalue weighted by molar-refractivity contribution is 5.73. The zero-order valence-corrected chi connectivity index (χ0v) is 9.07. The van der Waals surface area contributed by atoms with Crippen LogP contribution in [-0.2, 0) is 4.79 Å². The van der Waals surface area contributed by atoms with E-state index in [1.54, 1.807) is 6.92 Å². The average Bonchev–Trinajstić information content (AvgIpc) is 2.67. The van der Waals surface area contributed by atoms with E-state index in [-0.39, 0.29) is 5.91 Å². The predicted molar refractivity (Wildman–Crippen MR) is 60.6 cm³/mol. The molecule has 0 bridgehead atoms. The van der Waals surface area contributed by atoms with E-state index in [1.165, 1.54) is 12.0 Å². The van der Waals surface area contributed by atoms with Gasteiger partial charge in [-0.05, 0) is 30.7 Å². The summed E-state index contributed by atoms with van der Waals surface area (Å²) in [7, 11) is 0. The Morgan fingerprint density at radius 3 is 2.67 bits per heavy atom. The second-order valence-corrected chi connectivity index (χ2v) is 4.32. The standard InChI is InChI=1S/C13H17NO/c1-10(15)14-13-8-7-12(9-13)11-5-3-2-4-6-11/h2-6,12-13H,7-9H2,1H3,(H,14,15). The maximum atomic E-state index is 10.9. The monoisotopic (exact) mass is 203 g/mol. The van der Waals surface area contributed by atoms with Gasteiger partial charge in [0.05, 0.1) is 0 Å². The van der Waals surface area contributed by atoms with E-state index in [0.29, 0.717) is 12.0 Å². The Balaban J connectivity index is 1.96. The molecule has 1 aromatic rings. The lowest BCUT2D eigenvalue weighted by Crippen LogP contribution is -2.30. The van der Waals surface area contributed by atoms with Gasteiger partial charge in [-0.3, -0.25) is 4.79 Å². The summed E-state index contributed by atoms with van der Waals surface area (Å²) in [6.45, 7) is 1.59. The summed E-state index contributed by atoms with van der Waals surface area (Å²) in [6, 6.07) is 11.0. The Labute approximate surface area is 90.7 Å². The Kier molecular flexibility index (Phi) is 3.05. The van der Waals surface area contributed by atoms with Gasteiger partial charge in [-0.1, -0.05) is 30.3 Å². The smallest absolute Gasteiger partial charge is 0.217 e. The van der Waals surface area contributed by atoms with Gasteiger partial charge in [0, 0.05) is 13.0 Å². The van der Waals surface area contributed by atoms with Crippen molar-refractivity contribution in [3.8, 4) is 0 Å². The highest BCUT2D eigenvalue weighted by Gasteiger charge is 2.25. The Hall–Kier alpha value is -1.31. The SMILES string of the molecule is CC(=O)NC1CCC(c2ccccc2)C1. The average molecular weight is 203 g/mol. The first-order valence-electron chi connectivity index (χ1n) is 5.58. The first kappa shape index (κ1) is 10.2. The fourth-order valence-corrected chi connectivity index (χ4v) is 2.43. The van der Waals surface area contributed by atoms with E-state index >= 15 is 0 Å². The van der Waals surface area contributed by atoms with Crippen molar-refractivity contribution >= 4 is 5.91 Å². The maximum Gasteiger partial charge on any atom is 0.217 e. The highest BCUT2D eigenvalue weighted by Crippen LogP contribution is 2.34. The van der Waals surface area contributed by atoms with Gasteiger partial charge in [-0.25, -0.2) is 0 Å². The van der Waals surface area contributed by atoms with Crippen LogP contribution in [0.25, 0.3) is 0 Å². The molecular formula is C13H17NO. The summed E-state index contributed by atoms with van der Waals surface area (Å²) in [5.41, 5.74) is 1.41. The zero-order chi connectivity index (χ0) is 10.7. The molecule has 0 spiro atoms. The molecule has 15 heavy (non-hydrogen) atoms. The van der Waals surface area contributed by atoms with Crippen molar-refractivity contribution in [2.45, 2.75) is 38.1 Å². The van der Waals surface area contributed by atoms with E-state index in [0.717, 1.165) is 12.8 Å². The second-order valence-electron chi connectivity index (χ2n) is 4.32. The van der Waals surface area contributed by atoms with Crippen LogP contribution >= 0.6 is 0 Å². The van der Waals surface area contributed by atoms with Crippen LogP contribution in [0.5, 0.6) is 0 Å². The van der Waals surface area contributed by atoms with Gasteiger partial charge < -0.3 is 5.32 Å². The lowest BCUT2D eigenvalue weighted by atomic mass is 9.98. The quantitative estimate of drug-likeness (QED) is 0.786. The normalized spacial score (nSPS) is 25.1. The number of hydrogen-bond donors (Lipinski definition) is 1. The molecule has 1 N–H and O–H groups in total. The topological polar surface area (TPSA) is 29.1 Å². The number of benzene rings is 1. The van der Waals surface area contributed by atoms with Gasteiger partial charge in [0.2, 0.25) is 5.91 Å². The molecule has 2 heteroatoms. The lowest BCUT2D eigenvalue weighted by molar-refractivity contribution is -0.119. The molecule has 1 fully saturated rings. The minimum absolute atomic E-state index is 0.0914. The van der Waals surface area contributed by atoms with Crippen molar-refractivity contribution in [1.82, 2.24) is 5.32 Å². The van der Waals surface area contributed by atoms with Crippen LogP contribution in [0.2, 0.25) is 0 Å². The summed E-state index contributed by atoms with van der Waals surface area (Å²) >= 11 is 0. The minimum Gasteiger partial charge on any atom is -0.354 e. The third-order valence-corrected chi connectivity index (χ3v) is 3.11. The summed E-state index contributed by atoms with van der Waals surface area (Å²) in [5, 5.41) is 3.00. The molecule has 1 aromatic carbocycles. The molecule has 1 saturated carbocycles. The van der Waals surface area contributed by atoms with Gasteiger partial charge in [0.1, 0.15) is 0 Å². The van der Waals surface area contributed by atoms with Crippen LogP contribution < -0.4 is 5.32 Å². The Morgan fingerprint density at radius 2 is 2.00 bits per heavy atom. The second kappa shape index (κ2) is 4.47. The summed E-state index contributed by atoms with van der Waals surface area (Å²) in [6.07, 6.45) is 3.39. The van der Waals surface area contributed by atoms with Gasteiger partial charge in [0.25, 0.3) is 0 Å². The van der Waals surface area contributed by atoms with E-state index in [2.05, 4.69) is 29.6 Å². The van der Waals surface area contributed by atoms with Gasteiger partial charge in [-0.2, -0.15) is 0 Å². The highest BCUT2D eigenvalue weighted by atomic mass is 16.1. The van der Waals surface area contributed by atoms with Crippen molar-refractivity contribution in [1.29, 1.82) is 0 Å². The van der Waals surface area contributed by atoms with E-state index < -0.39 is 0 Å². The van der Waals surface area contributed by atoms with Crippen molar-refractivity contribution < 1.29 is 4.79 Å². The predicted octanol–water partition coefficient (Wildman–Crippen LogP) is 2.46. The third-order valence-electron chi connectivity index (χ3n) is 3.11. The summed E-state index contributed by atoms with van der Waals surface area (Å²) < 4.78 is 0. The Bertz CT molecular complexity index is 334. The molecule has 1 aliphatic carbocycles. The third kappa shape index (κ3) is 2.58. The first-order chi connectivity index (χ1) is 7.25. The lowest BCUT2D eigenvalue weighted by Gasteiger charge is -2.12. The molecule has 2 nitrogen and oxygen atoms in total. The molecule has 0 aliphatic heterocycles. The number of carbonyl (C=O) groups is 1.